The molecule has 15 heavy (non-hydrogen) atoms. The topological polar surface area (TPSA) is 3.24 Å². The van der Waals surface area contributed by atoms with E-state index in [4.69, 9.17) is 0 Å². The number of likely N-dealkylation sites (tertiary alicyclic amines) is 1. The van der Waals surface area contributed by atoms with Crippen LogP contribution < -0.4 is 0 Å². The van der Waals surface area contributed by atoms with Gasteiger partial charge in [0.1, 0.15) is 0 Å². The zero-order chi connectivity index (χ0) is 10.3. The molecule has 1 heterocycles. The Morgan fingerprint density at radius 1 is 0.533 bits per heavy atom. The number of nitrogens with zero attached hydrogens (tertiary/aromatic N) is 1. The number of hydrogen-bond donors (Lipinski definition) is 0. The molecular formula is C14H26N. The summed E-state index contributed by atoms with van der Waals surface area (Å²) in [6, 6.07) is 1.80. The van der Waals surface area contributed by atoms with Gasteiger partial charge in [0.05, 0.1) is 0 Å². The van der Waals surface area contributed by atoms with Crippen LogP contribution in [0.25, 0.3) is 0 Å². The van der Waals surface area contributed by atoms with Crippen LogP contribution in [0.4, 0.5) is 0 Å². The summed E-state index contributed by atoms with van der Waals surface area (Å²) in [5, 5.41) is 0. The average molecular weight is 208 g/mol. The monoisotopic (exact) mass is 208 g/mol. The van der Waals surface area contributed by atoms with E-state index in [1.165, 1.54) is 83.7 Å². The van der Waals surface area contributed by atoms with Gasteiger partial charge in [-0.05, 0) is 38.8 Å². The molecule has 0 bridgehead atoms. The van der Waals surface area contributed by atoms with Gasteiger partial charge in [-0.25, -0.2) is 0 Å². The van der Waals surface area contributed by atoms with Gasteiger partial charge in [0.2, 0.25) is 0 Å². The maximum Gasteiger partial charge on any atom is 0.0393 e. The van der Waals surface area contributed by atoms with Crippen molar-refractivity contribution in [1.82, 2.24) is 4.90 Å². The summed E-state index contributed by atoms with van der Waals surface area (Å²) in [5.41, 5.74) is 0. The first-order chi connectivity index (χ1) is 7.47. The number of hydrogen-bond acceptors (Lipinski definition) is 1. The van der Waals surface area contributed by atoms with Gasteiger partial charge in [0.15, 0.2) is 0 Å². The standard InChI is InChI=1S/C14H26N/c1-2-6-10-14(11-7-3-1)15-12-8-4-5-9-13-15/h1-13H2. The molecule has 1 aliphatic heterocycles. The van der Waals surface area contributed by atoms with Crippen molar-refractivity contribution >= 4 is 0 Å². The zero-order valence-electron chi connectivity index (χ0n) is 10.1. The van der Waals surface area contributed by atoms with Crippen molar-refractivity contribution in [2.24, 2.45) is 0 Å². The van der Waals surface area contributed by atoms with Crippen molar-refractivity contribution in [3.8, 4) is 0 Å². The molecule has 2 rings (SSSR count). The highest BCUT2D eigenvalue weighted by atomic mass is 15.1. The van der Waals surface area contributed by atoms with E-state index in [1.807, 2.05) is 0 Å². The van der Waals surface area contributed by atoms with E-state index >= 15 is 0 Å². The van der Waals surface area contributed by atoms with Crippen LogP contribution in [0.1, 0.15) is 70.6 Å². The predicted octanol–water partition coefficient (Wildman–Crippen LogP) is 4.14. The molecule has 1 aliphatic carbocycles. The van der Waals surface area contributed by atoms with Crippen LogP contribution in [-0.2, 0) is 0 Å². The molecule has 0 aromatic rings. The lowest BCUT2D eigenvalue weighted by Gasteiger charge is -2.31. The van der Waals surface area contributed by atoms with Crippen LogP contribution >= 0.6 is 0 Å². The third-order valence-corrected chi connectivity index (χ3v) is 3.98. The van der Waals surface area contributed by atoms with E-state index in [-0.39, 0.29) is 0 Å². The van der Waals surface area contributed by atoms with Gasteiger partial charge in [-0.15, -0.1) is 0 Å². The highest BCUT2D eigenvalue weighted by molar-refractivity contribution is 4.91. The fraction of sp³-hybridized carbons (Fsp3) is 0.929. The third kappa shape index (κ3) is 3.79. The Labute approximate surface area is 95.2 Å². The lowest BCUT2D eigenvalue weighted by atomic mass is 9.95. The molecule has 1 nitrogen and oxygen atoms in total. The van der Waals surface area contributed by atoms with Gasteiger partial charge < -0.3 is 0 Å². The summed E-state index contributed by atoms with van der Waals surface area (Å²) in [6.45, 7) is 2.71. The Kier molecular flexibility index (Phi) is 4.98. The molecule has 87 valence electrons. The van der Waals surface area contributed by atoms with Crippen LogP contribution in [0.3, 0.4) is 0 Å². The smallest absolute Gasteiger partial charge is 0.0393 e. The molecule has 0 amide bonds. The predicted molar refractivity (Wildman–Crippen MR) is 65.6 cm³/mol. The summed E-state index contributed by atoms with van der Waals surface area (Å²) < 4.78 is 0. The Morgan fingerprint density at radius 2 is 1.00 bits per heavy atom. The van der Waals surface area contributed by atoms with E-state index in [0.717, 1.165) is 0 Å². The molecule has 1 radical (unpaired) electrons. The van der Waals surface area contributed by atoms with E-state index in [0.29, 0.717) is 0 Å². The number of rotatable bonds is 1. The van der Waals surface area contributed by atoms with Crippen molar-refractivity contribution in [3.05, 3.63) is 6.04 Å². The van der Waals surface area contributed by atoms with Gasteiger partial charge in [-0.1, -0.05) is 44.9 Å². The average Bonchev–Trinajstić information content (AvgIpc) is 2.45. The van der Waals surface area contributed by atoms with Gasteiger partial charge >= 0.3 is 0 Å². The molecule has 1 saturated carbocycles. The van der Waals surface area contributed by atoms with Crippen LogP contribution in [-0.4, -0.2) is 18.0 Å². The minimum Gasteiger partial charge on any atom is -0.296 e. The first kappa shape index (κ1) is 11.4. The van der Waals surface area contributed by atoms with Crippen LogP contribution in [0.5, 0.6) is 0 Å². The van der Waals surface area contributed by atoms with Gasteiger partial charge in [-0.2, -0.15) is 0 Å². The lowest BCUT2D eigenvalue weighted by molar-refractivity contribution is 0.255. The zero-order valence-corrected chi connectivity index (χ0v) is 10.1. The second-order valence-electron chi connectivity index (χ2n) is 5.24. The Bertz CT molecular complexity index is 151. The summed E-state index contributed by atoms with van der Waals surface area (Å²) >= 11 is 0. The largest absolute Gasteiger partial charge is 0.296 e. The second kappa shape index (κ2) is 6.52. The summed E-state index contributed by atoms with van der Waals surface area (Å²) in [7, 11) is 0. The molecule has 0 aromatic heterocycles. The third-order valence-electron chi connectivity index (χ3n) is 3.98. The molecule has 0 N–H and O–H groups in total. The minimum atomic E-state index is 1.36. The van der Waals surface area contributed by atoms with Crippen LogP contribution in [0.2, 0.25) is 0 Å². The SMILES string of the molecule is C1CCC[C](N2CCCCCC2)CCC1. The molecule has 1 saturated heterocycles. The first-order valence-corrected chi connectivity index (χ1v) is 7.06. The van der Waals surface area contributed by atoms with E-state index in [1.54, 1.807) is 6.04 Å². The maximum atomic E-state index is 2.73. The molecule has 0 atom stereocenters. The molecule has 0 unspecified atom stereocenters. The van der Waals surface area contributed by atoms with Gasteiger partial charge in [0.25, 0.3) is 0 Å². The van der Waals surface area contributed by atoms with Crippen LogP contribution in [0.15, 0.2) is 0 Å². The Balaban J connectivity index is 1.82. The lowest BCUT2D eigenvalue weighted by Crippen LogP contribution is -2.30. The highest BCUT2D eigenvalue weighted by Gasteiger charge is 2.20. The van der Waals surface area contributed by atoms with E-state index in [9.17, 15) is 0 Å². The quantitative estimate of drug-likeness (QED) is 0.626. The molecular weight excluding hydrogens is 182 g/mol. The van der Waals surface area contributed by atoms with E-state index in [2.05, 4.69) is 4.90 Å². The van der Waals surface area contributed by atoms with Crippen molar-refractivity contribution in [2.75, 3.05) is 13.1 Å². The Morgan fingerprint density at radius 3 is 1.60 bits per heavy atom. The van der Waals surface area contributed by atoms with Crippen molar-refractivity contribution < 1.29 is 0 Å². The maximum absolute atomic E-state index is 2.73. The van der Waals surface area contributed by atoms with Gasteiger partial charge in [0, 0.05) is 6.04 Å². The fourth-order valence-corrected chi connectivity index (χ4v) is 3.02. The van der Waals surface area contributed by atoms with Crippen molar-refractivity contribution in [1.29, 1.82) is 0 Å². The summed E-state index contributed by atoms with van der Waals surface area (Å²) in [5.74, 6) is 0. The Hall–Kier alpha value is -0.0400. The molecule has 1 heteroatoms. The fourth-order valence-electron chi connectivity index (χ4n) is 3.02. The van der Waals surface area contributed by atoms with Crippen molar-refractivity contribution in [2.45, 2.75) is 70.6 Å². The minimum absolute atomic E-state index is 1.36. The molecule has 0 spiro atoms. The van der Waals surface area contributed by atoms with Crippen molar-refractivity contribution in [3.63, 3.8) is 0 Å². The molecule has 2 aliphatic rings. The second-order valence-corrected chi connectivity index (χ2v) is 5.24. The summed E-state index contributed by atoms with van der Waals surface area (Å²) in [4.78, 5) is 2.73. The normalized spacial score (nSPS) is 28.0. The molecule has 2 fully saturated rings. The highest BCUT2D eigenvalue weighted by Crippen LogP contribution is 2.28. The molecule has 0 aromatic carbocycles. The first-order valence-electron chi connectivity index (χ1n) is 7.06. The summed E-state index contributed by atoms with van der Waals surface area (Å²) in [6.07, 6.45) is 15.9. The van der Waals surface area contributed by atoms with E-state index < -0.39 is 0 Å². The van der Waals surface area contributed by atoms with Gasteiger partial charge in [-0.3, -0.25) is 4.90 Å². The van der Waals surface area contributed by atoms with Crippen LogP contribution in [0, 0.1) is 6.04 Å².